The average molecular weight is 105 g/mol. The van der Waals surface area contributed by atoms with E-state index in [4.69, 9.17) is 0 Å². The first-order valence-corrected chi connectivity index (χ1v) is 2.72. The van der Waals surface area contributed by atoms with E-state index in [-0.39, 0.29) is 0 Å². The molecule has 0 saturated carbocycles. The van der Waals surface area contributed by atoms with Gasteiger partial charge in [-0.2, -0.15) is 12.6 Å². The van der Waals surface area contributed by atoms with Crippen molar-refractivity contribution in [2.24, 2.45) is 0 Å². The number of hydrogen-bond donors (Lipinski definition) is 2. The van der Waals surface area contributed by atoms with E-state index in [1.165, 1.54) is 0 Å². The van der Waals surface area contributed by atoms with Gasteiger partial charge in [-0.05, 0) is 14.0 Å². The summed E-state index contributed by atoms with van der Waals surface area (Å²) in [6, 6.07) is 0.549. The molecule has 0 unspecified atom stereocenters. The Morgan fingerprint density at radius 2 is 2.33 bits per heavy atom. The van der Waals surface area contributed by atoms with Crippen LogP contribution in [-0.4, -0.2) is 18.8 Å². The van der Waals surface area contributed by atoms with E-state index in [0.29, 0.717) is 6.04 Å². The summed E-state index contributed by atoms with van der Waals surface area (Å²) in [5.74, 6) is 0.913. The van der Waals surface area contributed by atoms with Crippen LogP contribution in [0.3, 0.4) is 0 Å². The van der Waals surface area contributed by atoms with Crippen molar-refractivity contribution in [2.45, 2.75) is 13.0 Å². The molecular formula is C4H11NS. The second kappa shape index (κ2) is 3.50. The van der Waals surface area contributed by atoms with Crippen LogP contribution in [0.4, 0.5) is 0 Å². The molecular weight excluding hydrogens is 94.1 g/mol. The maximum Gasteiger partial charge on any atom is 0.0124 e. The average Bonchev–Trinajstić information content (AvgIpc) is 1.65. The van der Waals surface area contributed by atoms with E-state index in [1.807, 2.05) is 7.05 Å². The maximum absolute atomic E-state index is 4.03. The van der Waals surface area contributed by atoms with E-state index in [1.54, 1.807) is 0 Å². The maximum atomic E-state index is 4.03. The number of hydrogen-bond acceptors (Lipinski definition) is 2. The quantitative estimate of drug-likeness (QED) is 0.488. The summed E-state index contributed by atoms with van der Waals surface area (Å²) in [5, 5.41) is 3.04. The minimum Gasteiger partial charge on any atom is -0.316 e. The van der Waals surface area contributed by atoms with Gasteiger partial charge in [-0.25, -0.2) is 0 Å². The molecule has 0 aliphatic carbocycles. The van der Waals surface area contributed by atoms with Gasteiger partial charge < -0.3 is 5.32 Å². The summed E-state index contributed by atoms with van der Waals surface area (Å²) >= 11 is 4.03. The third-order valence-corrected chi connectivity index (χ3v) is 1.31. The summed E-state index contributed by atoms with van der Waals surface area (Å²) in [6.45, 7) is 2.09. The monoisotopic (exact) mass is 105 g/mol. The Bertz CT molecular complexity index is 26.7. The summed E-state index contributed by atoms with van der Waals surface area (Å²) in [5.41, 5.74) is 0. The summed E-state index contributed by atoms with van der Waals surface area (Å²) in [7, 11) is 1.93. The summed E-state index contributed by atoms with van der Waals surface area (Å²) in [6.07, 6.45) is 0. The molecule has 0 bridgehead atoms. The third-order valence-electron chi connectivity index (χ3n) is 0.767. The second-order valence-electron chi connectivity index (χ2n) is 1.37. The van der Waals surface area contributed by atoms with Crippen LogP contribution in [0.1, 0.15) is 6.92 Å². The Kier molecular flexibility index (Phi) is 3.68. The van der Waals surface area contributed by atoms with E-state index in [9.17, 15) is 0 Å². The molecule has 0 rings (SSSR count). The van der Waals surface area contributed by atoms with Crippen LogP contribution >= 0.6 is 12.6 Å². The highest BCUT2D eigenvalue weighted by Gasteiger charge is 1.87. The van der Waals surface area contributed by atoms with Crippen LogP contribution in [0.2, 0.25) is 0 Å². The topological polar surface area (TPSA) is 12.0 Å². The van der Waals surface area contributed by atoms with Gasteiger partial charge in [0, 0.05) is 11.8 Å². The molecule has 0 fully saturated rings. The van der Waals surface area contributed by atoms with Gasteiger partial charge in [0.25, 0.3) is 0 Å². The van der Waals surface area contributed by atoms with E-state index in [2.05, 4.69) is 24.9 Å². The van der Waals surface area contributed by atoms with Crippen molar-refractivity contribution in [3.63, 3.8) is 0 Å². The standard InChI is InChI=1S/C4H11NS/c1-4(3-6)5-2/h4-6H,3H2,1-2H3/t4-/m1/s1. The number of thiol groups is 1. The van der Waals surface area contributed by atoms with Gasteiger partial charge in [0.05, 0.1) is 0 Å². The second-order valence-corrected chi connectivity index (χ2v) is 1.74. The lowest BCUT2D eigenvalue weighted by atomic mass is 10.4. The molecule has 0 aliphatic rings. The first-order chi connectivity index (χ1) is 2.81. The molecule has 0 aromatic carbocycles. The Hall–Kier alpha value is 0.310. The van der Waals surface area contributed by atoms with Gasteiger partial charge in [-0.1, -0.05) is 0 Å². The minimum atomic E-state index is 0.549. The predicted molar refractivity (Wildman–Crippen MR) is 32.4 cm³/mol. The zero-order chi connectivity index (χ0) is 4.99. The number of rotatable bonds is 2. The van der Waals surface area contributed by atoms with Crippen molar-refractivity contribution in [3.05, 3.63) is 0 Å². The Morgan fingerprint density at radius 1 is 1.83 bits per heavy atom. The molecule has 0 radical (unpaired) electrons. The van der Waals surface area contributed by atoms with Gasteiger partial charge in [0.1, 0.15) is 0 Å². The van der Waals surface area contributed by atoms with Gasteiger partial charge >= 0.3 is 0 Å². The van der Waals surface area contributed by atoms with Gasteiger partial charge in [-0.3, -0.25) is 0 Å². The largest absolute Gasteiger partial charge is 0.316 e. The van der Waals surface area contributed by atoms with E-state index in [0.717, 1.165) is 5.75 Å². The lowest BCUT2D eigenvalue weighted by molar-refractivity contribution is 0.679. The molecule has 0 aliphatic heterocycles. The molecule has 0 aromatic heterocycles. The fourth-order valence-electron chi connectivity index (χ4n) is 0.0913. The Labute approximate surface area is 44.5 Å². The highest BCUT2D eigenvalue weighted by molar-refractivity contribution is 7.80. The SMILES string of the molecule is CN[C@H](C)CS. The predicted octanol–water partition coefficient (Wildman–Crippen LogP) is 0.524. The van der Waals surface area contributed by atoms with Crippen LogP contribution in [-0.2, 0) is 0 Å². The van der Waals surface area contributed by atoms with E-state index >= 15 is 0 Å². The lowest BCUT2D eigenvalue weighted by Crippen LogP contribution is -2.22. The van der Waals surface area contributed by atoms with Gasteiger partial charge in [0.15, 0.2) is 0 Å². The van der Waals surface area contributed by atoms with Crippen LogP contribution in [0, 0.1) is 0 Å². The number of nitrogens with one attached hydrogen (secondary N) is 1. The molecule has 0 heterocycles. The van der Waals surface area contributed by atoms with Crippen molar-refractivity contribution in [1.82, 2.24) is 5.32 Å². The highest BCUT2D eigenvalue weighted by atomic mass is 32.1. The molecule has 38 valence electrons. The summed E-state index contributed by atoms with van der Waals surface area (Å²) in [4.78, 5) is 0. The smallest absolute Gasteiger partial charge is 0.0124 e. The summed E-state index contributed by atoms with van der Waals surface area (Å²) < 4.78 is 0. The first kappa shape index (κ1) is 6.31. The zero-order valence-corrected chi connectivity index (χ0v) is 5.13. The minimum absolute atomic E-state index is 0.549. The van der Waals surface area contributed by atoms with Crippen molar-refractivity contribution in [2.75, 3.05) is 12.8 Å². The van der Waals surface area contributed by atoms with Gasteiger partial charge in [-0.15, -0.1) is 0 Å². The highest BCUT2D eigenvalue weighted by Crippen LogP contribution is 1.79. The molecule has 1 atom stereocenters. The molecule has 2 heteroatoms. The third kappa shape index (κ3) is 2.54. The molecule has 0 amide bonds. The van der Waals surface area contributed by atoms with Crippen LogP contribution in [0.15, 0.2) is 0 Å². The Morgan fingerprint density at radius 3 is 2.33 bits per heavy atom. The fraction of sp³-hybridized carbons (Fsp3) is 1.00. The van der Waals surface area contributed by atoms with Crippen molar-refractivity contribution < 1.29 is 0 Å². The van der Waals surface area contributed by atoms with Crippen molar-refractivity contribution in [3.8, 4) is 0 Å². The lowest BCUT2D eigenvalue weighted by Gasteiger charge is -2.01. The van der Waals surface area contributed by atoms with Crippen LogP contribution in [0.5, 0.6) is 0 Å². The van der Waals surface area contributed by atoms with E-state index < -0.39 is 0 Å². The molecule has 1 nitrogen and oxygen atoms in total. The van der Waals surface area contributed by atoms with Crippen molar-refractivity contribution >= 4 is 12.6 Å². The molecule has 0 aromatic rings. The molecule has 6 heavy (non-hydrogen) atoms. The molecule has 0 spiro atoms. The molecule has 1 N–H and O–H groups in total. The normalized spacial score (nSPS) is 14.5. The Balaban J connectivity index is 2.75. The van der Waals surface area contributed by atoms with Gasteiger partial charge in [0.2, 0.25) is 0 Å². The van der Waals surface area contributed by atoms with Crippen LogP contribution < -0.4 is 5.32 Å². The van der Waals surface area contributed by atoms with Crippen LogP contribution in [0.25, 0.3) is 0 Å². The zero-order valence-electron chi connectivity index (χ0n) is 4.23. The fourth-order valence-corrected chi connectivity index (χ4v) is 0.274. The molecule has 0 saturated heterocycles. The van der Waals surface area contributed by atoms with Crippen molar-refractivity contribution in [1.29, 1.82) is 0 Å². The first-order valence-electron chi connectivity index (χ1n) is 2.09.